The van der Waals surface area contributed by atoms with Gasteiger partial charge in [0.1, 0.15) is 6.10 Å². The fourth-order valence-electron chi connectivity index (χ4n) is 3.13. The van der Waals surface area contributed by atoms with Crippen LogP contribution in [0.3, 0.4) is 0 Å². The highest BCUT2D eigenvalue weighted by Crippen LogP contribution is 2.44. The van der Waals surface area contributed by atoms with Gasteiger partial charge in [0, 0.05) is 18.1 Å². The Kier molecular flexibility index (Phi) is 4.54. The average Bonchev–Trinajstić information content (AvgIpc) is 2.33. The zero-order valence-electron chi connectivity index (χ0n) is 10.9. The summed E-state index contributed by atoms with van der Waals surface area (Å²) < 4.78 is 10.1. The van der Waals surface area contributed by atoms with Gasteiger partial charge in [-0.25, -0.2) is 0 Å². The molecular weight excluding hydrogens is 252 g/mol. The summed E-state index contributed by atoms with van der Waals surface area (Å²) >= 11 is 1.87. The van der Waals surface area contributed by atoms with E-state index in [-0.39, 0.29) is 24.0 Å². The SMILES string of the molecule is CCSC1C(CC(=O)OC)CC2CC1CC(=O)O2. The van der Waals surface area contributed by atoms with E-state index in [0.29, 0.717) is 24.0 Å². The third kappa shape index (κ3) is 2.99. The van der Waals surface area contributed by atoms with Crippen LogP contribution in [0.5, 0.6) is 0 Å². The molecule has 102 valence electrons. The van der Waals surface area contributed by atoms with Crippen LogP contribution in [-0.2, 0) is 19.1 Å². The summed E-state index contributed by atoms with van der Waals surface area (Å²) in [5, 5.41) is 0.387. The second kappa shape index (κ2) is 5.95. The van der Waals surface area contributed by atoms with E-state index in [0.717, 1.165) is 18.6 Å². The maximum Gasteiger partial charge on any atom is 0.306 e. The molecule has 1 heterocycles. The van der Waals surface area contributed by atoms with Crippen LogP contribution < -0.4 is 0 Å². The molecule has 1 saturated carbocycles. The van der Waals surface area contributed by atoms with E-state index >= 15 is 0 Å². The Morgan fingerprint density at radius 1 is 1.50 bits per heavy atom. The highest BCUT2D eigenvalue weighted by atomic mass is 32.2. The monoisotopic (exact) mass is 272 g/mol. The van der Waals surface area contributed by atoms with Crippen LogP contribution in [0.25, 0.3) is 0 Å². The summed E-state index contributed by atoms with van der Waals surface area (Å²) in [6, 6.07) is 0. The molecule has 2 bridgehead atoms. The van der Waals surface area contributed by atoms with Gasteiger partial charge in [-0.05, 0) is 30.4 Å². The Balaban J connectivity index is 2.07. The summed E-state index contributed by atoms with van der Waals surface area (Å²) in [5.41, 5.74) is 0. The summed E-state index contributed by atoms with van der Waals surface area (Å²) in [5.74, 6) is 1.42. The molecule has 18 heavy (non-hydrogen) atoms. The predicted octanol–water partition coefficient (Wildman–Crippen LogP) is 2.01. The molecule has 2 aliphatic rings. The number of carbonyl (C=O) groups is 2. The molecule has 2 rings (SSSR count). The molecule has 0 aromatic heterocycles. The van der Waals surface area contributed by atoms with Crippen LogP contribution in [-0.4, -0.2) is 36.2 Å². The number of thioether (sulfide) groups is 1. The van der Waals surface area contributed by atoms with Gasteiger partial charge >= 0.3 is 11.9 Å². The average molecular weight is 272 g/mol. The van der Waals surface area contributed by atoms with Crippen LogP contribution in [0.15, 0.2) is 0 Å². The zero-order valence-corrected chi connectivity index (χ0v) is 11.7. The predicted molar refractivity (Wildman–Crippen MR) is 69.3 cm³/mol. The highest BCUT2D eigenvalue weighted by Gasteiger charge is 2.44. The lowest BCUT2D eigenvalue weighted by atomic mass is 9.75. The molecule has 1 aliphatic heterocycles. The van der Waals surface area contributed by atoms with E-state index in [1.165, 1.54) is 7.11 Å². The summed E-state index contributed by atoms with van der Waals surface area (Å²) in [7, 11) is 1.42. The number of rotatable bonds is 4. The first-order valence-electron chi connectivity index (χ1n) is 6.52. The van der Waals surface area contributed by atoms with E-state index in [2.05, 4.69) is 6.92 Å². The molecule has 0 spiro atoms. The van der Waals surface area contributed by atoms with Gasteiger partial charge in [0.25, 0.3) is 0 Å². The maximum atomic E-state index is 11.5. The Hall–Kier alpha value is -0.710. The quantitative estimate of drug-likeness (QED) is 0.733. The Labute approximate surface area is 112 Å². The van der Waals surface area contributed by atoms with Crippen molar-refractivity contribution in [2.75, 3.05) is 12.9 Å². The van der Waals surface area contributed by atoms with E-state index in [4.69, 9.17) is 9.47 Å². The van der Waals surface area contributed by atoms with Crippen molar-refractivity contribution >= 4 is 23.7 Å². The molecule has 5 heteroatoms. The largest absolute Gasteiger partial charge is 0.469 e. The molecular formula is C13H20O4S. The number of carbonyl (C=O) groups excluding carboxylic acids is 2. The number of fused-ring (bicyclic) bond motifs is 2. The van der Waals surface area contributed by atoms with Crippen molar-refractivity contribution in [2.24, 2.45) is 11.8 Å². The van der Waals surface area contributed by atoms with Crippen LogP contribution in [0.2, 0.25) is 0 Å². The van der Waals surface area contributed by atoms with Gasteiger partial charge in [-0.1, -0.05) is 6.92 Å². The first kappa shape index (κ1) is 13.7. The van der Waals surface area contributed by atoms with Gasteiger partial charge in [-0.3, -0.25) is 9.59 Å². The lowest BCUT2D eigenvalue weighted by Gasteiger charge is -2.43. The van der Waals surface area contributed by atoms with E-state index in [1.54, 1.807) is 0 Å². The van der Waals surface area contributed by atoms with E-state index < -0.39 is 0 Å². The van der Waals surface area contributed by atoms with Crippen molar-refractivity contribution in [3.05, 3.63) is 0 Å². The molecule has 0 N–H and O–H groups in total. The number of hydrogen-bond acceptors (Lipinski definition) is 5. The molecule has 4 unspecified atom stereocenters. The molecule has 2 fully saturated rings. The minimum absolute atomic E-state index is 0.0135. The fourth-order valence-corrected chi connectivity index (χ4v) is 4.47. The van der Waals surface area contributed by atoms with Crippen molar-refractivity contribution in [3.63, 3.8) is 0 Å². The highest BCUT2D eigenvalue weighted by molar-refractivity contribution is 7.99. The third-order valence-electron chi connectivity index (χ3n) is 3.80. The topological polar surface area (TPSA) is 52.6 Å². The van der Waals surface area contributed by atoms with Crippen LogP contribution in [0.4, 0.5) is 0 Å². The van der Waals surface area contributed by atoms with Crippen LogP contribution in [0, 0.1) is 11.8 Å². The first-order valence-corrected chi connectivity index (χ1v) is 7.56. The number of ether oxygens (including phenoxy) is 2. The first-order chi connectivity index (χ1) is 8.63. The molecule has 0 aromatic carbocycles. The summed E-state index contributed by atoms with van der Waals surface area (Å²) in [6.45, 7) is 2.12. The van der Waals surface area contributed by atoms with Gasteiger partial charge in [0.05, 0.1) is 7.11 Å². The summed E-state index contributed by atoms with van der Waals surface area (Å²) in [6.07, 6.45) is 2.72. The lowest BCUT2D eigenvalue weighted by molar-refractivity contribution is -0.162. The van der Waals surface area contributed by atoms with Crippen molar-refractivity contribution in [2.45, 2.75) is 44.0 Å². The molecule has 1 aliphatic carbocycles. The molecule has 1 saturated heterocycles. The normalized spacial score (nSPS) is 34.9. The Bertz CT molecular complexity index is 331. The van der Waals surface area contributed by atoms with Gasteiger partial charge in [-0.2, -0.15) is 11.8 Å². The Morgan fingerprint density at radius 2 is 2.28 bits per heavy atom. The molecule has 0 aromatic rings. The lowest BCUT2D eigenvalue weighted by Crippen LogP contribution is -2.45. The molecule has 4 atom stereocenters. The van der Waals surface area contributed by atoms with Crippen molar-refractivity contribution in [1.82, 2.24) is 0 Å². The van der Waals surface area contributed by atoms with Crippen molar-refractivity contribution in [3.8, 4) is 0 Å². The zero-order chi connectivity index (χ0) is 13.1. The maximum absolute atomic E-state index is 11.5. The third-order valence-corrected chi connectivity index (χ3v) is 5.29. The van der Waals surface area contributed by atoms with Crippen LogP contribution in [0.1, 0.15) is 32.6 Å². The number of hydrogen-bond donors (Lipinski definition) is 0. The van der Waals surface area contributed by atoms with Gasteiger partial charge in [0.2, 0.25) is 0 Å². The van der Waals surface area contributed by atoms with Crippen molar-refractivity contribution in [1.29, 1.82) is 0 Å². The number of methoxy groups -OCH3 is 1. The molecule has 0 radical (unpaired) electrons. The van der Waals surface area contributed by atoms with Gasteiger partial charge in [0.15, 0.2) is 0 Å². The Morgan fingerprint density at radius 3 is 2.94 bits per heavy atom. The second-order valence-electron chi connectivity index (χ2n) is 5.01. The standard InChI is InChI=1S/C13H20O4S/c1-3-18-13-8(6-11(14)16-2)4-10-5-9(13)7-12(15)17-10/h8-10,13H,3-7H2,1-2H3. The summed E-state index contributed by atoms with van der Waals surface area (Å²) in [4.78, 5) is 23.0. The van der Waals surface area contributed by atoms with Gasteiger partial charge < -0.3 is 9.47 Å². The van der Waals surface area contributed by atoms with Crippen LogP contribution >= 0.6 is 11.8 Å². The number of esters is 2. The van der Waals surface area contributed by atoms with Gasteiger partial charge in [-0.15, -0.1) is 0 Å². The van der Waals surface area contributed by atoms with E-state index in [1.807, 2.05) is 11.8 Å². The smallest absolute Gasteiger partial charge is 0.306 e. The fraction of sp³-hybridized carbons (Fsp3) is 0.846. The minimum atomic E-state index is -0.159. The molecule has 0 amide bonds. The van der Waals surface area contributed by atoms with Crippen molar-refractivity contribution < 1.29 is 19.1 Å². The second-order valence-corrected chi connectivity index (χ2v) is 6.46. The minimum Gasteiger partial charge on any atom is -0.469 e. The van der Waals surface area contributed by atoms with E-state index in [9.17, 15) is 9.59 Å². The molecule has 4 nitrogen and oxygen atoms in total.